The van der Waals surface area contributed by atoms with Crippen LogP contribution in [-0.2, 0) is 11.3 Å². The average Bonchev–Trinajstić information content (AvgIpc) is 3.16. The first-order valence-electron chi connectivity index (χ1n) is 8.43. The van der Waals surface area contributed by atoms with E-state index >= 15 is 0 Å². The van der Waals surface area contributed by atoms with Crippen LogP contribution in [0.4, 0.5) is 5.69 Å². The van der Waals surface area contributed by atoms with E-state index in [1.165, 1.54) is 0 Å². The molecule has 0 aliphatic rings. The number of amides is 1. The summed E-state index contributed by atoms with van der Waals surface area (Å²) >= 11 is 0. The zero-order valence-corrected chi connectivity index (χ0v) is 15.4. The Morgan fingerprint density at radius 2 is 2.00 bits per heavy atom. The van der Waals surface area contributed by atoms with Crippen molar-refractivity contribution in [2.75, 3.05) is 19.0 Å². The summed E-state index contributed by atoms with van der Waals surface area (Å²) in [6.07, 6.45) is 1.56. The lowest BCUT2D eigenvalue weighted by Crippen LogP contribution is -2.24. The highest BCUT2D eigenvalue weighted by molar-refractivity contribution is 5.82. The van der Waals surface area contributed by atoms with Gasteiger partial charge in [0.25, 0.3) is 5.91 Å². The first-order valence-corrected chi connectivity index (χ1v) is 8.43. The summed E-state index contributed by atoms with van der Waals surface area (Å²) in [5.41, 5.74) is 5.37. The molecule has 0 aliphatic heterocycles. The largest absolute Gasteiger partial charge is 0.378 e. The number of nitrogens with one attached hydrogen (secondary N) is 1. The molecule has 9 nitrogen and oxygen atoms in total. The summed E-state index contributed by atoms with van der Waals surface area (Å²) in [6, 6.07) is 16.7. The molecule has 1 N–H and O–H groups in total. The Hall–Kier alpha value is -4.06. The fraction of sp³-hybridized carbons (Fsp3) is 0.158. The van der Waals surface area contributed by atoms with E-state index < -0.39 is 5.91 Å². The Labute approximate surface area is 161 Å². The molecule has 1 aromatic heterocycles. The topological polar surface area (TPSA) is 112 Å². The van der Waals surface area contributed by atoms with Crippen molar-refractivity contribution >= 4 is 17.8 Å². The molecule has 3 rings (SSSR count). The van der Waals surface area contributed by atoms with E-state index in [1.54, 1.807) is 30.5 Å². The number of rotatable bonds is 6. The zero-order chi connectivity index (χ0) is 19.9. The number of hydrogen-bond donors (Lipinski definition) is 1. The molecule has 0 saturated carbocycles. The maximum atomic E-state index is 12.0. The highest BCUT2D eigenvalue weighted by Crippen LogP contribution is 2.18. The molecule has 9 heteroatoms. The van der Waals surface area contributed by atoms with E-state index in [0.29, 0.717) is 11.1 Å². The van der Waals surface area contributed by atoms with E-state index in [4.69, 9.17) is 5.26 Å². The Kier molecular flexibility index (Phi) is 5.72. The van der Waals surface area contributed by atoms with Crippen LogP contribution in [0.2, 0.25) is 0 Å². The van der Waals surface area contributed by atoms with Crippen molar-refractivity contribution in [2.45, 2.75) is 6.54 Å². The third-order valence-corrected chi connectivity index (χ3v) is 3.84. The maximum Gasteiger partial charge on any atom is 0.263 e. The molecule has 3 aromatic rings. The number of nitriles is 1. The highest BCUT2D eigenvalue weighted by atomic mass is 16.2. The van der Waals surface area contributed by atoms with Gasteiger partial charge in [-0.25, -0.2) is 5.43 Å². The Morgan fingerprint density at radius 1 is 1.25 bits per heavy atom. The number of hydrazone groups is 1. The summed E-state index contributed by atoms with van der Waals surface area (Å²) in [4.78, 5) is 15.2. The summed E-state index contributed by atoms with van der Waals surface area (Å²) < 4.78 is 0. The first-order chi connectivity index (χ1) is 13.6. The second-order valence-corrected chi connectivity index (χ2v) is 6.08. The van der Waals surface area contributed by atoms with Crippen LogP contribution in [0, 0.1) is 11.3 Å². The van der Waals surface area contributed by atoms with Crippen molar-refractivity contribution < 1.29 is 4.79 Å². The molecule has 1 amide bonds. The Morgan fingerprint density at radius 3 is 2.71 bits per heavy atom. The quantitative estimate of drug-likeness (QED) is 0.516. The molecule has 0 bridgehead atoms. The van der Waals surface area contributed by atoms with E-state index in [9.17, 15) is 4.79 Å². The Bertz CT molecular complexity index is 1030. The van der Waals surface area contributed by atoms with E-state index in [2.05, 4.69) is 32.0 Å². The molecule has 0 spiro atoms. The van der Waals surface area contributed by atoms with Crippen molar-refractivity contribution in [3.05, 3.63) is 59.7 Å². The second-order valence-electron chi connectivity index (χ2n) is 6.08. The average molecular weight is 374 g/mol. The molecule has 2 aromatic carbocycles. The molecule has 0 aliphatic carbocycles. The van der Waals surface area contributed by atoms with Gasteiger partial charge in [-0.15, -0.1) is 10.2 Å². The third kappa shape index (κ3) is 4.56. The van der Waals surface area contributed by atoms with Crippen molar-refractivity contribution in [1.29, 1.82) is 5.26 Å². The van der Waals surface area contributed by atoms with E-state index in [0.717, 1.165) is 16.0 Å². The Balaban J connectivity index is 1.58. The number of aromatic nitrogens is 4. The number of tetrazole rings is 1. The molecular formula is C19H18N8O. The molecule has 0 fully saturated rings. The van der Waals surface area contributed by atoms with Gasteiger partial charge in [-0.2, -0.15) is 15.2 Å². The van der Waals surface area contributed by atoms with Crippen LogP contribution >= 0.6 is 0 Å². The standard InChI is InChI=1S/C19H18N8O/c1-26(2)16-9-7-14(8-10-16)12-21-22-18(28)13-27-24-19(23-25-27)17-6-4-3-5-15(17)11-20/h3-10,12H,13H2,1-2H3,(H,22,28)/b21-12-. The molecule has 1 heterocycles. The van der Waals surface area contributed by atoms with Crippen molar-refractivity contribution in [2.24, 2.45) is 5.10 Å². The lowest BCUT2D eigenvalue weighted by Gasteiger charge is -2.11. The first kappa shape index (κ1) is 18.7. The minimum Gasteiger partial charge on any atom is -0.378 e. The second kappa shape index (κ2) is 8.55. The fourth-order valence-electron chi connectivity index (χ4n) is 2.39. The van der Waals surface area contributed by atoms with Gasteiger partial charge in [0, 0.05) is 25.3 Å². The summed E-state index contributed by atoms with van der Waals surface area (Å²) in [7, 11) is 3.93. The summed E-state index contributed by atoms with van der Waals surface area (Å²) in [5.74, 6) is -0.104. The number of anilines is 1. The van der Waals surface area contributed by atoms with Crippen LogP contribution in [0.1, 0.15) is 11.1 Å². The van der Waals surface area contributed by atoms with Crippen LogP contribution in [0.25, 0.3) is 11.4 Å². The highest BCUT2D eigenvalue weighted by Gasteiger charge is 2.12. The number of carbonyl (C=O) groups is 1. The van der Waals surface area contributed by atoms with Crippen LogP contribution < -0.4 is 10.3 Å². The normalized spacial score (nSPS) is 10.6. The van der Waals surface area contributed by atoms with Crippen LogP contribution in [0.15, 0.2) is 53.6 Å². The molecule has 0 radical (unpaired) electrons. The van der Waals surface area contributed by atoms with Gasteiger partial charge in [0.2, 0.25) is 5.82 Å². The molecule has 28 heavy (non-hydrogen) atoms. The molecular weight excluding hydrogens is 356 g/mol. The number of carbonyl (C=O) groups excluding carboxylic acids is 1. The number of benzene rings is 2. The predicted molar refractivity (Wildman–Crippen MR) is 104 cm³/mol. The van der Waals surface area contributed by atoms with Gasteiger partial charge in [-0.1, -0.05) is 24.3 Å². The van der Waals surface area contributed by atoms with Crippen molar-refractivity contribution in [3.63, 3.8) is 0 Å². The van der Waals surface area contributed by atoms with Gasteiger partial charge < -0.3 is 4.90 Å². The monoisotopic (exact) mass is 374 g/mol. The van der Waals surface area contributed by atoms with Gasteiger partial charge >= 0.3 is 0 Å². The lowest BCUT2D eigenvalue weighted by atomic mass is 10.1. The molecule has 0 unspecified atom stereocenters. The van der Waals surface area contributed by atoms with Crippen LogP contribution in [0.5, 0.6) is 0 Å². The fourth-order valence-corrected chi connectivity index (χ4v) is 2.39. The zero-order valence-electron chi connectivity index (χ0n) is 15.4. The lowest BCUT2D eigenvalue weighted by molar-refractivity contribution is -0.122. The minimum atomic E-state index is -0.390. The SMILES string of the molecule is CN(C)c1ccc(/C=N\NC(=O)Cn2nnc(-c3ccccc3C#N)n2)cc1. The van der Waals surface area contributed by atoms with Crippen molar-refractivity contribution in [1.82, 2.24) is 25.6 Å². The van der Waals surface area contributed by atoms with Gasteiger partial charge in [-0.3, -0.25) is 4.79 Å². The van der Waals surface area contributed by atoms with Gasteiger partial charge in [0.05, 0.1) is 17.8 Å². The smallest absolute Gasteiger partial charge is 0.263 e. The van der Waals surface area contributed by atoms with Gasteiger partial charge in [0.15, 0.2) is 0 Å². The van der Waals surface area contributed by atoms with E-state index in [-0.39, 0.29) is 12.4 Å². The minimum absolute atomic E-state index is 0.140. The third-order valence-electron chi connectivity index (χ3n) is 3.84. The van der Waals surface area contributed by atoms with Crippen LogP contribution in [-0.4, -0.2) is 46.4 Å². The molecule has 0 saturated heterocycles. The predicted octanol–water partition coefficient (Wildman–Crippen LogP) is 1.43. The molecule has 0 atom stereocenters. The summed E-state index contributed by atoms with van der Waals surface area (Å²) in [6.45, 7) is -0.140. The van der Waals surface area contributed by atoms with Gasteiger partial charge in [0.1, 0.15) is 6.54 Å². The number of nitrogens with zero attached hydrogens (tertiary/aromatic N) is 7. The maximum absolute atomic E-state index is 12.0. The molecule has 140 valence electrons. The van der Waals surface area contributed by atoms with Crippen LogP contribution in [0.3, 0.4) is 0 Å². The van der Waals surface area contributed by atoms with E-state index in [1.807, 2.05) is 43.3 Å². The summed E-state index contributed by atoms with van der Waals surface area (Å²) in [5, 5.41) is 25.0. The number of hydrogen-bond acceptors (Lipinski definition) is 7. The van der Waals surface area contributed by atoms with Gasteiger partial charge in [-0.05, 0) is 35.0 Å². The van der Waals surface area contributed by atoms with Crippen molar-refractivity contribution in [3.8, 4) is 17.5 Å².